The molecule has 0 unspecified atom stereocenters. The Bertz CT molecular complexity index is 64.0. The fourth-order valence-electron chi connectivity index (χ4n) is 0.108. The Kier molecular flexibility index (Phi) is 3.21. The van der Waals surface area contributed by atoms with E-state index >= 15 is 0 Å². The van der Waals surface area contributed by atoms with Crippen LogP contribution in [-0.4, -0.2) is 17.7 Å². The molecule has 42 valence electrons. The first kappa shape index (κ1) is 6.35. The van der Waals surface area contributed by atoms with Crippen LogP contribution in [0.3, 0.4) is 0 Å². The van der Waals surface area contributed by atoms with Crippen molar-refractivity contribution >= 4 is 5.91 Å². The van der Waals surface area contributed by atoms with Gasteiger partial charge in [-0.1, -0.05) is 0 Å². The van der Waals surface area contributed by atoms with E-state index in [1.165, 1.54) is 5.48 Å². The van der Waals surface area contributed by atoms with Crippen LogP contribution in [0.2, 0.25) is 0 Å². The number of hydrogen-bond acceptors (Lipinski definition) is 4. The standard InChI is InChI=1S/C2H6N2O3/c3-7-1-2(5)4-6/h6H,1,3H2,(H,4,5). The Morgan fingerprint density at radius 3 is 2.71 bits per heavy atom. The highest BCUT2D eigenvalue weighted by Gasteiger charge is 1.92. The molecule has 0 atom stereocenters. The van der Waals surface area contributed by atoms with Gasteiger partial charge in [0.15, 0.2) is 0 Å². The first-order chi connectivity index (χ1) is 3.31. The predicted octanol–water partition coefficient (Wildman–Crippen LogP) is -1.62. The molecule has 4 N–H and O–H groups in total. The molecule has 0 aliphatic carbocycles. The molecule has 1 amide bonds. The van der Waals surface area contributed by atoms with E-state index in [0.29, 0.717) is 0 Å². The number of nitrogens with two attached hydrogens (primary N) is 1. The van der Waals surface area contributed by atoms with Crippen molar-refractivity contribution in [3.05, 3.63) is 0 Å². The average molecular weight is 106 g/mol. The maximum Gasteiger partial charge on any atom is 0.271 e. The van der Waals surface area contributed by atoms with Crippen LogP contribution in [0, 0.1) is 0 Å². The van der Waals surface area contributed by atoms with Gasteiger partial charge in [0.1, 0.15) is 6.61 Å². The van der Waals surface area contributed by atoms with E-state index in [0.717, 1.165) is 0 Å². The van der Waals surface area contributed by atoms with Gasteiger partial charge in [-0.25, -0.2) is 11.4 Å². The number of carbonyl (C=O) groups excluding carboxylic acids is 1. The molecule has 0 aromatic rings. The van der Waals surface area contributed by atoms with E-state index in [-0.39, 0.29) is 6.61 Å². The molecule has 0 heterocycles. The van der Waals surface area contributed by atoms with Gasteiger partial charge in [0.2, 0.25) is 0 Å². The summed E-state index contributed by atoms with van der Waals surface area (Å²) >= 11 is 0. The van der Waals surface area contributed by atoms with Crippen molar-refractivity contribution in [2.24, 2.45) is 5.90 Å². The lowest BCUT2D eigenvalue weighted by Gasteiger charge is -1.91. The Morgan fingerprint density at radius 1 is 2.00 bits per heavy atom. The molecular formula is C2H6N2O3. The highest BCUT2D eigenvalue weighted by molar-refractivity contribution is 5.75. The zero-order chi connectivity index (χ0) is 5.70. The van der Waals surface area contributed by atoms with Crippen molar-refractivity contribution in [2.45, 2.75) is 0 Å². The lowest BCUT2D eigenvalue weighted by molar-refractivity contribution is -0.134. The molecule has 0 aromatic carbocycles. The highest BCUT2D eigenvalue weighted by atomic mass is 16.6. The Balaban J connectivity index is 3.00. The van der Waals surface area contributed by atoms with Crippen LogP contribution in [-0.2, 0) is 9.63 Å². The molecule has 0 saturated heterocycles. The minimum atomic E-state index is -0.664. The van der Waals surface area contributed by atoms with E-state index < -0.39 is 5.91 Å². The minimum absolute atomic E-state index is 0.323. The predicted molar refractivity (Wildman–Crippen MR) is 20.1 cm³/mol. The van der Waals surface area contributed by atoms with Gasteiger partial charge >= 0.3 is 0 Å². The van der Waals surface area contributed by atoms with Crippen molar-refractivity contribution in [1.29, 1.82) is 0 Å². The fraction of sp³-hybridized carbons (Fsp3) is 0.500. The molecule has 7 heavy (non-hydrogen) atoms. The van der Waals surface area contributed by atoms with E-state index in [1.54, 1.807) is 0 Å². The highest BCUT2D eigenvalue weighted by Crippen LogP contribution is 1.59. The molecule has 0 aliphatic heterocycles. The number of carbonyl (C=O) groups is 1. The molecule has 0 rings (SSSR count). The lowest BCUT2D eigenvalue weighted by Crippen LogP contribution is -2.25. The third kappa shape index (κ3) is 3.17. The summed E-state index contributed by atoms with van der Waals surface area (Å²) in [6, 6.07) is 0. The van der Waals surface area contributed by atoms with Gasteiger partial charge in [0.05, 0.1) is 0 Å². The van der Waals surface area contributed by atoms with Crippen LogP contribution < -0.4 is 11.4 Å². The zero-order valence-corrected chi connectivity index (χ0v) is 3.55. The Labute approximate surface area is 40.0 Å². The second kappa shape index (κ2) is 3.54. The van der Waals surface area contributed by atoms with Crippen molar-refractivity contribution in [3.63, 3.8) is 0 Å². The summed E-state index contributed by atoms with van der Waals surface area (Å²) in [6.45, 7) is -0.323. The summed E-state index contributed by atoms with van der Waals surface area (Å²) < 4.78 is 0. The maximum atomic E-state index is 9.85. The summed E-state index contributed by atoms with van der Waals surface area (Å²) in [4.78, 5) is 13.7. The van der Waals surface area contributed by atoms with Gasteiger partial charge in [-0.05, 0) is 0 Å². The van der Waals surface area contributed by atoms with Crippen LogP contribution in [0.15, 0.2) is 0 Å². The molecule has 5 heteroatoms. The van der Waals surface area contributed by atoms with E-state index in [9.17, 15) is 4.79 Å². The number of nitrogens with one attached hydrogen (secondary N) is 1. The van der Waals surface area contributed by atoms with Crippen molar-refractivity contribution < 1.29 is 14.8 Å². The topological polar surface area (TPSA) is 84.6 Å². The Morgan fingerprint density at radius 2 is 2.57 bits per heavy atom. The molecule has 0 aromatic heterocycles. The lowest BCUT2D eigenvalue weighted by atomic mass is 10.7. The van der Waals surface area contributed by atoms with Crippen LogP contribution in [0.25, 0.3) is 0 Å². The van der Waals surface area contributed by atoms with Gasteiger partial charge in [-0.15, -0.1) is 0 Å². The smallest absolute Gasteiger partial charge is 0.271 e. The number of amides is 1. The molecule has 0 spiro atoms. The van der Waals surface area contributed by atoms with Gasteiger partial charge in [0.25, 0.3) is 5.91 Å². The third-order valence-corrected chi connectivity index (χ3v) is 0.339. The van der Waals surface area contributed by atoms with Gasteiger partial charge in [-0.3, -0.25) is 14.8 Å². The normalized spacial score (nSPS) is 8.29. The van der Waals surface area contributed by atoms with Crippen LogP contribution in [0.5, 0.6) is 0 Å². The first-order valence-corrected chi connectivity index (χ1v) is 1.56. The summed E-state index contributed by atoms with van der Waals surface area (Å²) in [5, 5.41) is 7.73. The van der Waals surface area contributed by atoms with Gasteiger partial charge < -0.3 is 0 Å². The van der Waals surface area contributed by atoms with Crippen molar-refractivity contribution in [3.8, 4) is 0 Å². The molecule has 0 bridgehead atoms. The maximum absolute atomic E-state index is 9.85. The summed E-state index contributed by atoms with van der Waals surface area (Å²) in [5.41, 5.74) is 1.32. The average Bonchev–Trinajstić information content (AvgIpc) is 1.68. The minimum Gasteiger partial charge on any atom is -0.295 e. The van der Waals surface area contributed by atoms with E-state index in [2.05, 4.69) is 10.7 Å². The quantitative estimate of drug-likeness (QED) is 0.292. The SMILES string of the molecule is NOCC(=O)NO. The molecule has 0 radical (unpaired) electrons. The molecular weight excluding hydrogens is 100 g/mol. The molecule has 0 saturated carbocycles. The number of hydroxylamine groups is 1. The van der Waals surface area contributed by atoms with Gasteiger partial charge in [-0.2, -0.15) is 0 Å². The van der Waals surface area contributed by atoms with Crippen LogP contribution in [0.1, 0.15) is 0 Å². The van der Waals surface area contributed by atoms with Gasteiger partial charge in [0, 0.05) is 0 Å². The summed E-state index contributed by atoms with van der Waals surface area (Å²) in [5.74, 6) is 3.77. The van der Waals surface area contributed by atoms with Crippen molar-refractivity contribution in [1.82, 2.24) is 5.48 Å². The van der Waals surface area contributed by atoms with E-state index in [4.69, 9.17) is 5.21 Å². The second-order valence-electron chi connectivity index (χ2n) is 0.846. The van der Waals surface area contributed by atoms with Crippen LogP contribution in [0.4, 0.5) is 0 Å². The van der Waals surface area contributed by atoms with E-state index in [1.807, 2.05) is 0 Å². The number of hydrogen-bond donors (Lipinski definition) is 3. The van der Waals surface area contributed by atoms with Crippen molar-refractivity contribution in [2.75, 3.05) is 6.61 Å². The molecule has 0 fully saturated rings. The zero-order valence-electron chi connectivity index (χ0n) is 3.55. The molecule has 5 nitrogen and oxygen atoms in total. The third-order valence-electron chi connectivity index (χ3n) is 0.339. The van der Waals surface area contributed by atoms with Crippen LogP contribution >= 0.6 is 0 Å². The first-order valence-electron chi connectivity index (χ1n) is 1.56. The second-order valence-corrected chi connectivity index (χ2v) is 0.846. The largest absolute Gasteiger partial charge is 0.295 e. The summed E-state index contributed by atoms with van der Waals surface area (Å²) in [6.07, 6.45) is 0. The monoisotopic (exact) mass is 106 g/mol. The summed E-state index contributed by atoms with van der Waals surface area (Å²) in [7, 11) is 0. The molecule has 0 aliphatic rings. The fourth-order valence-corrected chi connectivity index (χ4v) is 0.108. The number of rotatable bonds is 2. The Hall–Kier alpha value is -0.650.